The molecular weight excluding hydrogens is 346 g/mol. The summed E-state index contributed by atoms with van der Waals surface area (Å²) in [4.78, 5) is 23.7. The summed E-state index contributed by atoms with van der Waals surface area (Å²) in [5.41, 5.74) is 5.98. The van der Waals surface area contributed by atoms with Gasteiger partial charge in [0, 0.05) is 11.6 Å². The lowest BCUT2D eigenvalue weighted by molar-refractivity contribution is -0.124. The summed E-state index contributed by atoms with van der Waals surface area (Å²) in [5.74, 6) is 0.318. The second-order valence-electron chi connectivity index (χ2n) is 8.99. The number of aryl methyl sites for hydroxylation is 2. The van der Waals surface area contributed by atoms with Crippen molar-refractivity contribution in [3.8, 4) is 0 Å². The Balaban J connectivity index is 1.65. The lowest BCUT2D eigenvalue weighted by atomic mass is 9.67. The highest BCUT2D eigenvalue weighted by Gasteiger charge is 2.67. The molecule has 4 nitrogen and oxygen atoms in total. The molecule has 2 unspecified atom stereocenters. The third-order valence-electron chi connectivity index (χ3n) is 6.98. The Hall–Kier alpha value is -2.75. The van der Waals surface area contributed by atoms with Gasteiger partial charge in [-0.05, 0) is 67.5 Å². The van der Waals surface area contributed by atoms with Crippen LogP contribution in [0.1, 0.15) is 55.1 Å². The Morgan fingerprint density at radius 2 is 1.68 bits per heavy atom. The van der Waals surface area contributed by atoms with Gasteiger partial charge in [0.25, 0.3) is 0 Å². The minimum atomic E-state index is -0.637. The number of amides is 1. The van der Waals surface area contributed by atoms with Crippen LogP contribution >= 0.6 is 0 Å². The van der Waals surface area contributed by atoms with Gasteiger partial charge in [0.15, 0.2) is 0 Å². The second-order valence-corrected chi connectivity index (χ2v) is 8.99. The number of nitrogens with zero attached hydrogens (tertiary/aromatic N) is 2. The molecular formula is C24H25N3O. The van der Waals surface area contributed by atoms with Crippen LogP contribution in [-0.2, 0) is 10.2 Å². The van der Waals surface area contributed by atoms with Crippen molar-refractivity contribution in [3.05, 3.63) is 65.0 Å². The zero-order valence-electron chi connectivity index (χ0n) is 16.8. The second kappa shape index (κ2) is 5.63. The molecule has 1 amide bonds. The molecule has 0 spiro atoms. The minimum absolute atomic E-state index is 0.0494. The number of carbonyl (C=O) groups is 1. The number of benzene rings is 2. The van der Waals surface area contributed by atoms with Crippen LogP contribution in [0, 0.1) is 19.3 Å². The van der Waals surface area contributed by atoms with Gasteiger partial charge in [-0.25, -0.2) is 9.97 Å². The summed E-state index contributed by atoms with van der Waals surface area (Å²) in [6, 6.07) is 14.1. The SMILES string of the molecule is Cc1cc(C)cc(NC(=O)C23CCC(c4nc5ccccc5nc42)C3(C)C)c1. The first-order valence-electron chi connectivity index (χ1n) is 10.00. The Bertz CT molecular complexity index is 1110. The van der Waals surface area contributed by atoms with E-state index in [4.69, 9.17) is 9.97 Å². The first kappa shape index (κ1) is 17.4. The molecule has 2 aromatic carbocycles. The molecule has 2 bridgehead atoms. The summed E-state index contributed by atoms with van der Waals surface area (Å²) >= 11 is 0. The van der Waals surface area contributed by atoms with Crippen LogP contribution < -0.4 is 5.32 Å². The highest BCUT2D eigenvalue weighted by Crippen LogP contribution is 2.67. The van der Waals surface area contributed by atoms with Gasteiger partial charge in [0.05, 0.1) is 27.8 Å². The van der Waals surface area contributed by atoms with Crippen LogP contribution in [0.4, 0.5) is 5.69 Å². The summed E-state index contributed by atoms with van der Waals surface area (Å²) in [6.07, 6.45) is 1.80. The van der Waals surface area contributed by atoms with Gasteiger partial charge >= 0.3 is 0 Å². The number of aromatic nitrogens is 2. The number of hydrogen-bond acceptors (Lipinski definition) is 3. The maximum absolute atomic E-state index is 13.8. The topological polar surface area (TPSA) is 54.9 Å². The fourth-order valence-corrected chi connectivity index (χ4v) is 5.61. The number of carbonyl (C=O) groups excluding carboxylic acids is 1. The smallest absolute Gasteiger partial charge is 0.237 e. The van der Waals surface area contributed by atoms with E-state index in [-0.39, 0.29) is 17.2 Å². The molecule has 2 aliphatic rings. The average molecular weight is 371 g/mol. The molecule has 1 aromatic heterocycles. The molecule has 0 saturated heterocycles. The van der Waals surface area contributed by atoms with Crippen LogP contribution in [0.15, 0.2) is 42.5 Å². The fourth-order valence-electron chi connectivity index (χ4n) is 5.61. The number of fused-ring (bicyclic) bond motifs is 6. The van der Waals surface area contributed by atoms with Crippen LogP contribution in [0.25, 0.3) is 11.0 Å². The lowest BCUT2D eigenvalue weighted by Gasteiger charge is -2.36. The zero-order chi connectivity index (χ0) is 19.7. The van der Waals surface area contributed by atoms with Crippen molar-refractivity contribution in [3.63, 3.8) is 0 Å². The molecule has 142 valence electrons. The van der Waals surface area contributed by atoms with E-state index < -0.39 is 5.41 Å². The summed E-state index contributed by atoms with van der Waals surface area (Å²) in [7, 11) is 0. The molecule has 0 aliphatic heterocycles. The molecule has 4 heteroatoms. The van der Waals surface area contributed by atoms with Crippen molar-refractivity contribution in [2.75, 3.05) is 5.32 Å². The van der Waals surface area contributed by atoms with Gasteiger partial charge in [-0.15, -0.1) is 0 Å². The van der Waals surface area contributed by atoms with E-state index in [0.29, 0.717) is 0 Å². The predicted octanol–water partition coefficient (Wildman–Crippen LogP) is 5.04. The highest BCUT2D eigenvalue weighted by atomic mass is 16.2. The first-order chi connectivity index (χ1) is 13.3. The summed E-state index contributed by atoms with van der Waals surface area (Å²) in [5, 5.41) is 3.22. The van der Waals surface area contributed by atoms with E-state index in [1.54, 1.807) is 0 Å². The monoisotopic (exact) mass is 371 g/mol. The van der Waals surface area contributed by atoms with Crippen molar-refractivity contribution < 1.29 is 4.79 Å². The van der Waals surface area contributed by atoms with Crippen molar-refractivity contribution in [2.45, 2.75) is 51.9 Å². The van der Waals surface area contributed by atoms with E-state index >= 15 is 0 Å². The largest absolute Gasteiger partial charge is 0.325 e. The molecule has 3 aromatic rings. The zero-order valence-corrected chi connectivity index (χ0v) is 16.8. The predicted molar refractivity (Wildman–Crippen MR) is 112 cm³/mol. The maximum atomic E-state index is 13.8. The molecule has 5 rings (SSSR count). The minimum Gasteiger partial charge on any atom is -0.325 e. The highest BCUT2D eigenvalue weighted by molar-refractivity contribution is 6.01. The van der Waals surface area contributed by atoms with E-state index in [1.165, 1.54) is 0 Å². The lowest BCUT2D eigenvalue weighted by Crippen LogP contribution is -2.46. The van der Waals surface area contributed by atoms with Gasteiger partial charge in [-0.1, -0.05) is 32.0 Å². The number of anilines is 1. The maximum Gasteiger partial charge on any atom is 0.237 e. The Kier molecular flexibility index (Phi) is 3.49. The van der Waals surface area contributed by atoms with Gasteiger partial charge in [-0.3, -0.25) is 4.79 Å². The molecule has 1 saturated carbocycles. The van der Waals surface area contributed by atoms with Crippen LogP contribution in [-0.4, -0.2) is 15.9 Å². The molecule has 2 atom stereocenters. The Labute approximate surface area is 165 Å². The summed E-state index contributed by atoms with van der Waals surface area (Å²) < 4.78 is 0. The standard InChI is InChI=1S/C24H25N3O/c1-14-11-15(2)13-16(12-14)25-22(28)24-10-9-17(23(24,3)4)20-21(24)27-19-8-6-5-7-18(19)26-20/h5-8,11-13,17H,9-10H2,1-4H3,(H,25,28). The Morgan fingerprint density at radius 3 is 2.36 bits per heavy atom. The molecule has 0 radical (unpaired) electrons. The third-order valence-corrected chi connectivity index (χ3v) is 6.98. The normalized spacial score (nSPS) is 24.4. The van der Waals surface area contributed by atoms with Crippen molar-refractivity contribution in [1.29, 1.82) is 0 Å². The molecule has 2 aliphatic carbocycles. The molecule has 1 N–H and O–H groups in total. The third kappa shape index (κ3) is 2.15. The summed E-state index contributed by atoms with van der Waals surface area (Å²) in [6.45, 7) is 8.53. The van der Waals surface area contributed by atoms with Gasteiger partial charge < -0.3 is 5.32 Å². The first-order valence-corrected chi connectivity index (χ1v) is 10.00. The molecule has 28 heavy (non-hydrogen) atoms. The van der Waals surface area contributed by atoms with Crippen LogP contribution in [0.2, 0.25) is 0 Å². The van der Waals surface area contributed by atoms with E-state index in [9.17, 15) is 4.79 Å². The van der Waals surface area contributed by atoms with Crippen LogP contribution in [0.5, 0.6) is 0 Å². The van der Waals surface area contributed by atoms with Crippen LogP contribution in [0.3, 0.4) is 0 Å². The van der Waals surface area contributed by atoms with E-state index in [1.807, 2.05) is 36.4 Å². The Morgan fingerprint density at radius 1 is 1.04 bits per heavy atom. The molecule has 1 fully saturated rings. The number of nitrogens with one attached hydrogen (secondary N) is 1. The van der Waals surface area contributed by atoms with E-state index in [0.717, 1.165) is 52.1 Å². The fraction of sp³-hybridized carbons (Fsp3) is 0.375. The van der Waals surface area contributed by atoms with Gasteiger partial charge in [-0.2, -0.15) is 0 Å². The quantitative estimate of drug-likeness (QED) is 0.686. The number of hydrogen-bond donors (Lipinski definition) is 1. The van der Waals surface area contributed by atoms with E-state index in [2.05, 4.69) is 39.1 Å². The van der Waals surface area contributed by atoms with Gasteiger partial charge in [0.1, 0.15) is 0 Å². The average Bonchev–Trinajstić information content (AvgIpc) is 3.01. The van der Waals surface area contributed by atoms with Crippen molar-refractivity contribution in [1.82, 2.24) is 9.97 Å². The number of para-hydroxylation sites is 2. The number of rotatable bonds is 2. The van der Waals surface area contributed by atoms with Crippen molar-refractivity contribution in [2.24, 2.45) is 5.41 Å². The van der Waals surface area contributed by atoms with Gasteiger partial charge in [0.2, 0.25) is 5.91 Å². The molecule has 1 heterocycles. The van der Waals surface area contributed by atoms with Crippen molar-refractivity contribution >= 4 is 22.6 Å².